The third-order valence-electron chi connectivity index (χ3n) is 2.65. The summed E-state index contributed by atoms with van der Waals surface area (Å²) in [6.07, 6.45) is 1.37. The van der Waals surface area contributed by atoms with Crippen molar-refractivity contribution in [2.45, 2.75) is 25.3 Å². The van der Waals surface area contributed by atoms with E-state index in [1.807, 2.05) is 0 Å². The first-order valence-corrected chi connectivity index (χ1v) is 5.95. The lowest BCUT2D eigenvalue weighted by molar-refractivity contribution is -0.131. The van der Waals surface area contributed by atoms with Crippen molar-refractivity contribution in [1.29, 1.82) is 0 Å². The molecule has 1 N–H and O–H groups in total. The molecular formula is C11H10Cl2N2O2. The van der Waals surface area contributed by atoms with Crippen molar-refractivity contribution < 1.29 is 9.59 Å². The molecule has 0 aromatic carbocycles. The molecule has 1 aromatic heterocycles. The molecule has 0 spiro atoms. The molecule has 6 heteroatoms. The van der Waals surface area contributed by atoms with Gasteiger partial charge in [0.25, 0.3) is 0 Å². The molecule has 0 bridgehead atoms. The predicted octanol–water partition coefficient (Wildman–Crippen LogP) is 1.78. The van der Waals surface area contributed by atoms with Crippen LogP contribution in [-0.4, -0.2) is 22.7 Å². The summed E-state index contributed by atoms with van der Waals surface area (Å²) in [5.41, 5.74) is 0.598. The van der Waals surface area contributed by atoms with Crippen molar-refractivity contribution in [2.24, 2.45) is 0 Å². The predicted molar refractivity (Wildman–Crippen MR) is 64.1 cm³/mol. The van der Waals surface area contributed by atoms with Crippen molar-refractivity contribution in [2.75, 3.05) is 0 Å². The Kier molecular flexibility index (Phi) is 3.64. The number of ketones is 1. The second-order valence-corrected chi connectivity index (χ2v) is 4.63. The molecule has 1 saturated carbocycles. The van der Waals surface area contributed by atoms with Gasteiger partial charge in [-0.1, -0.05) is 29.3 Å². The van der Waals surface area contributed by atoms with Gasteiger partial charge in [0.05, 0.1) is 12.5 Å². The van der Waals surface area contributed by atoms with Crippen LogP contribution in [0.4, 0.5) is 0 Å². The topological polar surface area (TPSA) is 59.1 Å². The molecule has 1 aliphatic rings. The van der Waals surface area contributed by atoms with Gasteiger partial charge < -0.3 is 5.32 Å². The highest BCUT2D eigenvalue weighted by Gasteiger charge is 2.29. The quantitative estimate of drug-likeness (QED) is 0.854. The van der Waals surface area contributed by atoms with E-state index >= 15 is 0 Å². The maximum Gasteiger partial charge on any atom is 0.225 e. The van der Waals surface area contributed by atoms with Crippen LogP contribution in [0.2, 0.25) is 10.3 Å². The van der Waals surface area contributed by atoms with Gasteiger partial charge in [-0.3, -0.25) is 9.59 Å². The van der Waals surface area contributed by atoms with Gasteiger partial charge in [0.1, 0.15) is 10.3 Å². The van der Waals surface area contributed by atoms with E-state index in [1.165, 1.54) is 0 Å². The number of Topliss-reactive ketones (excluding diaryl/α,β-unsaturated/α-hetero) is 1. The molecule has 1 heterocycles. The minimum absolute atomic E-state index is 0.0821. The molecule has 90 valence electrons. The van der Waals surface area contributed by atoms with Crippen LogP contribution in [-0.2, 0) is 16.0 Å². The van der Waals surface area contributed by atoms with Crippen LogP contribution in [0.15, 0.2) is 12.1 Å². The highest BCUT2D eigenvalue weighted by atomic mass is 35.5. The van der Waals surface area contributed by atoms with E-state index in [0.29, 0.717) is 12.0 Å². The minimum Gasteiger partial charge on any atom is -0.346 e. The fourth-order valence-electron chi connectivity index (χ4n) is 1.55. The Labute approximate surface area is 108 Å². The van der Waals surface area contributed by atoms with Crippen LogP contribution >= 0.6 is 23.2 Å². The zero-order valence-corrected chi connectivity index (χ0v) is 10.4. The maximum absolute atomic E-state index is 11.6. The number of hydrogen-bond acceptors (Lipinski definition) is 3. The smallest absolute Gasteiger partial charge is 0.225 e. The van der Waals surface area contributed by atoms with Gasteiger partial charge in [0, 0.05) is 6.42 Å². The summed E-state index contributed by atoms with van der Waals surface area (Å²) in [7, 11) is 0. The number of carbonyl (C=O) groups excluding carboxylic acids is 2. The van der Waals surface area contributed by atoms with Crippen molar-refractivity contribution in [3.8, 4) is 0 Å². The number of aromatic nitrogens is 1. The highest BCUT2D eigenvalue weighted by Crippen LogP contribution is 2.18. The molecule has 1 aromatic rings. The van der Waals surface area contributed by atoms with Gasteiger partial charge in [0.2, 0.25) is 5.91 Å². The van der Waals surface area contributed by atoms with E-state index in [4.69, 9.17) is 23.2 Å². The summed E-state index contributed by atoms with van der Waals surface area (Å²) < 4.78 is 0. The van der Waals surface area contributed by atoms with E-state index in [2.05, 4.69) is 10.3 Å². The fourth-order valence-corrected chi connectivity index (χ4v) is 1.96. The Morgan fingerprint density at radius 3 is 2.76 bits per heavy atom. The Bertz CT molecular complexity index is 477. The van der Waals surface area contributed by atoms with Crippen molar-refractivity contribution in [1.82, 2.24) is 10.3 Å². The SMILES string of the molecule is O=C(Cc1ccc(Cl)nc1Cl)NC1CCC1=O. The number of hydrogen-bond donors (Lipinski definition) is 1. The summed E-state index contributed by atoms with van der Waals surface area (Å²) in [6.45, 7) is 0. The van der Waals surface area contributed by atoms with Crippen LogP contribution in [0.1, 0.15) is 18.4 Å². The zero-order chi connectivity index (χ0) is 12.4. The Balaban J connectivity index is 1.95. The Hall–Kier alpha value is -1.13. The molecule has 1 atom stereocenters. The standard InChI is InChI=1S/C11H10Cl2N2O2/c12-9-4-1-6(11(13)15-9)5-10(17)14-7-2-3-8(7)16/h1,4,7H,2-3,5H2,(H,14,17). The van der Waals surface area contributed by atoms with Crippen molar-refractivity contribution in [3.63, 3.8) is 0 Å². The number of pyridine rings is 1. The Morgan fingerprint density at radius 1 is 1.47 bits per heavy atom. The molecule has 4 nitrogen and oxygen atoms in total. The Morgan fingerprint density at radius 2 is 2.24 bits per heavy atom. The second kappa shape index (κ2) is 5.02. The number of amides is 1. The van der Waals surface area contributed by atoms with E-state index in [9.17, 15) is 9.59 Å². The molecular weight excluding hydrogens is 263 g/mol. The van der Waals surface area contributed by atoms with Crippen LogP contribution in [0, 0.1) is 0 Å². The van der Waals surface area contributed by atoms with E-state index in [0.717, 1.165) is 6.42 Å². The highest BCUT2D eigenvalue weighted by molar-refractivity contribution is 6.33. The zero-order valence-electron chi connectivity index (χ0n) is 8.87. The number of nitrogens with one attached hydrogen (secondary N) is 1. The normalized spacial score (nSPS) is 18.7. The number of rotatable bonds is 3. The van der Waals surface area contributed by atoms with Crippen LogP contribution in [0.25, 0.3) is 0 Å². The summed E-state index contributed by atoms with van der Waals surface area (Å²) >= 11 is 11.5. The van der Waals surface area contributed by atoms with Gasteiger partial charge in [0.15, 0.2) is 5.78 Å². The number of carbonyl (C=O) groups is 2. The van der Waals surface area contributed by atoms with Gasteiger partial charge in [-0.05, 0) is 18.1 Å². The van der Waals surface area contributed by atoms with Gasteiger partial charge in [-0.15, -0.1) is 0 Å². The van der Waals surface area contributed by atoms with Gasteiger partial charge >= 0.3 is 0 Å². The van der Waals surface area contributed by atoms with E-state index < -0.39 is 0 Å². The first-order valence-electron chi connectivity index (χ1n) is 5.19. The molecule has 1 unspecified atom stereocenters. The average Bonchev–Trinajstić information content (AvgIpc) is 2.28. The van der Waals surface area contributed by atoms with Gasteiger partial charge in [-0.25, -0.2) is 4.98 Å². The summed E-state index contributed by atoms with van der Waals surface area (Å²) in [5.74, 6) is -0.146. The number of halogens is 2. The third-order valence-corrected chi connectivity index (χ3v) is 3.18. The number of nitrogens with zero attached hydrogens (tertiary/aromatic N) is 1. The lowest BCUT2D eigenvalue weighted by Gasteiger charge is -2.24. The maximum atomic E-state index is 11.6. The fraction of sp³-hybridized carbons (Fsp3) is 0.364. The summed E-state index contributed by atoms with van der Waals surface area (Å²) in [5, 5.41) is 3.15. The van der Waals surface area contributed by atoms with Crippen LogP contribution < -0.4 is 5.32 Å². The molecule has 0 aliphatic heterocycles. The summed E-state index contributed by atoms with van der Waals surface area (Å²) in [6, 6.07) is 2.91. The first-order chi connectivity index (χ1) is 8.06. The monoisotopic (exact) mass is 272 g/mol. The molecule has 2 rings (SSSR count). The third kappa shape index (κ3) is 2.96. The van der Waals surface area contributed by atoms with Crippen LogP contribution in [0.5, 0.6) is 0 Å². The van der Waals surface area contributed by atoms with E-state index in [1.54, 1.807) is 12.1 Å². The van der Waals surface area contributed by atoms with E-state index in [-0.39, 0.29) is 34.5 Å². The molecule has 0 radical (unpaired) electrons. The minimum atomic E-state index is -0.318. The lowest BCUT2D eigenvalue weighted by atomic mass is 9.91. The first kappa shape index (κ1) is 12.3. The van der Waals surface area contributed by atoms with Crippen molar-refractivity contribution >= 4 is 34.9 Å². The summed E-state index contributed by atoms with van der Waals surface area (Å²) in [4.78, 5) is 26.5. The molecule has 1 amide bonds. The second-order valence-electron chi connectivity index (χ2n) is 3.89. The molecule has 17 heavy (non-hydrogen) atoms. The average molecular weight is 273 g/mol. The van der Waals surface area contributed by atoms with Crippen LogP contribution in [0.3, 0.4) is 0 Å². The van der Waals surface area contributed by atoms with Crippen molar-refractivity contribution in [3.05, 3.63) is 28.0 Å². The van der Waals surface area contributed by atoms with Gasteiger partial charge in [-0.2, -0.15) is 0 Å². The molecule has 1 aliphatic carbocycles. The largest absolute Gasteiger partial charge is 0.346 e. The lowest BCUT2D eigenvalue weighted by Crippen LogP contribution is -2.47. The molecule has 1 fully saturated rings. The molecule has 0 saturated heterocycles.